The Balaban J connectivity index is 1.20. The number of urea groups is 1. The molecule has 0 spiro atoms. The first kappa shape index (κ1) is 22.3. The maximum absolute atomic E-state index is 13.6. The largest absolute Gasteiger partial charge is 0.383 e. The average Bonchev–Trinajstić information content (AvgIpc) is 3.27. The van der Waals surface area contributed by atoms with E-state index in [1.54, 1.807) is 24.3 Å². The Kier molecular flexibility index (Phi) is 5.64. The van der Waals surface area contributed by atoms with Crippen LogP contribution in [0.1, 0.15) is 65.5 Å². The number of carbonyl (C=O) groups is 2. The van der Waals surface area contributed by atoms with E-state index >= 15 is 0 Å². The number of hydrogen-bond acceptors (Lipinski definition) is 5. The van der Waals surface area contributed by atoms with Gasteiger partial charge in [-0.05, 0) is 37.0 Å². The van der Waals surface area contributed by atoms with E-state index in [0.29, 0.717) is 45.6 Å². The van der Waals surface area contributed by atoms with Crippen LogP contribution in [-0.2, 0) is 0 Å². The first-order chi connectivity index (χ1) is 17.6. The number of benzene rings is 2. The van der Waals surface area contributed by atoms with Gasteiger partial charge in [-0.1, -0.05) is 55.3 Å². The number of nitrogens with zero attached hydrogens (tertiary/aromatic N) is 3. The highest BCUT2D eigenvalue weighted by Gasteiger charge is 2.39. The molecule has 4 N–H and O–H groups in total. The number of amides is 2. The second kappa shape index (κ2) is 9.11. The molecular weight excluding hydrogens is 452 g/mol. The molecule has 2 amide bonds. The number of nitrogens with one attached hydrogen (secondary N) is 2. The van der Waals surface area contributed by atoms with Crippen LogP contribution in [-0.4, -0.2) is 32.4 Å². The normalized spacial score (nSPS) is 19.3. The minimum Gasteiger partial charge on any atom is -0.383 e. The third kappa shape index (κ3) is 4.19. The van der Waals surface area contributed by atoms with E-state index in [2.05, 4.69) is 37.3 Å². The average molecular weight is 481 g/mol. The van der Waals surface area contributed by atoms with Gasteiger partial charge in [0.1, 0.15) is 17.8 Å². The molecule has 2 atom stereocenters. The number of aromatic nitrogens is 3. The molecule has 2 saturated carbocycles. The van der Waals surface area contributed by atoms with Crippen molar-refractivity contribution in [2.75, 3.05) is 11.1 Å². The summed E-state index contributed by atoms with van der Waals surface area (Å²) in [5.74, 6) is 0.467. The zero-order chi connectivity index (χ0) is 24.6. The van der Waals surface area contributed by atoms with Crippen molar-refractivity contribution in [1.29, 1.82) is 0 Å². The molecule has 4 aromatic rings. The fourth-order valence-electron chi connectivity index (χ4n) is 5.39. The van der Waals surface area contributed by atoms with Crippen LogP contribution >= 0.6 is 0 Å². The Morgan fingerprint density at radius 1 is 1.00 bits per heavy atom. The molecule has 182 valence electrons. The van der Waals surface area contributed by atoms with E-state index in [4.69, 9.17) is 5.73 Å². The molecule has 2 aliphatic rings. The maximum Gasteiger partial charge on any atom is 0.319 e. The van der Waals surface area contributed by atoms with E-state index in [1.807, 2.05) is 24.4 Å². The summed E-state index contributed by atoms with van der Waals surface area (Å²) in [6.45, 7) is 0. The lowest BCUT2D eigenvalue weighted by molar-refractivity contribution is 0.104. The third-order valence-electron chi connectivity index (χ3n) is 7.32. The topological polar surface area (TPSA) is 115 Å². The Bertz CT molecular complexity index is 1440. The lowest BCUT2D eigenvalue weighted by Crippen LogP contribution is -2.31. The first-order valence-electron chi connectivity index (χ1n) is 12.5. The van der Waals surface area contributed by atoms with Gasteiger partial charge in [-0.3, -0.25) is 4.79 Å². The molecule has 8 heteroatoms. The van der Waals surface area contributed by atoms with Crippen LogP contribution in [0.5, 0.6) is 0 Å². The quantitative estimate of drug-likeness (QED) is 0.335. The Morgan fingerprint density at radius 2 is 1.81 bits per heavy atom. The van der Waals surface area contributed by atoms with Crippen LogP contribution in [0.3, 0.4) is 0 Å². The van der Waals surface area contributed by atoms with Crippen LogP contribution < -0.4 is 16.4 Å². The molecule has 2 aromatic carbocycles. The van der Waals surface area contributed by atoms with E-state index in [-0.39, 0.29) is 17.9 Å². The van der Waals surface area contributed by atoms with E-state index in [0.717, 1.165) is 32.1 Å². The zero-order valence-electron chi connectivity index (χ0n) is 19.9. The summed E-state index contributed by atoms with van der Waals surface area (Å²) in [6.07, 6.45) is 8.68. The molecule has 2 unspecified atom stereocenters. The summed E-state index contributed by atoms with van der Waals surface area (Å²) in [5, 5.41) is 6.49. The van der Waals surface area contributed by atoms with Gasteiger partial charge in [0, 0.05) is 35.4 Å². The molecule has 0 bridgehead atoms. The first-order valence-corrected chi connectivity index (χ1v) is 12.5. The summed E-state index contributed by atoms with van der Waals surface area (Å²) < 4.78 is 2.09. The van der Waals surface area contributed by atoms with Crippen molar-refractivity contribution in [2.45, 2.75) is 50.1 Å². The van der Waals surface area contributed by atoms with Crippen LogP contribution in [0.15, 0.2) is 67.1 Å². The number of hydrogen-bond donors (Lipinski definition) is 3. The molecule has 36 heavy (non-hydrogen) atoms. The van der Waals surface area contributed by atoms with Crippen molar-refractivity contribution < 1.29 is 9.59 Å². The highest BCUT2D eigenvalue weighted by Crippen LogP contribution is 2.40. The highest BCUT2D eigenvalue weighted by atomic mass is 16.2. The van der Waals surface area contributed by atoms with Crippen LogP contribution in [0.2, 0.25) is 0 Å². The van der Waals surface area contributed by atoms with E-state index in [1.165, 1.54) is 11.9 Å². The summed E-state index contributed by atoms with van der Waals surface area (Å²) in [6, 6.07) is 17.3. The molecule has 0 saturated heterocycles. The van der Waals surface area contributed by atoms with Gasteiger partial charge in [0.15, 0.2) is 5.78 Å². The Morgan fingerprint density at radius 3 is 2.61 bits per heavy atom. The van der Waals surface area contributed by atoms with Gasteiger partial charge in [0.2, 0.25) is 0 Å². The fraction of sp³-hybridized carbons (Fsp3) is 0.286. The minimum atomic E-state index is -0.279. The lowest BCUT2D eigenvalue weighted by atomic mass is 10.0. The van der Waals surface area contributed by atoms with E-state index in [9.17, 15) is 9.59 Å². The lowest BCUT2D eigenvalue weighted by Gasteiger charge is -2.12. The molecule has 6 rings (SSSR count). The van der Waals surface area contributed by atoms with E-state index < -0.39 is 0 Å². The summed E-state index contributed by atoms with van der Waals surface area (Å²) in [7, 11) is 0. The number of rotatable bonds is 6. The molecule has 8 nitrogen and oxygen atoms in total. The van der Waals surface area contributed by atoms with Gasteiger partial charge < -0.3 is 20.9 Å². The molecule has 0 radical (unpaired) electrons. The van der Waals surface area contributed by atoms with Gasteiger partial charge >= 0.3 is 6.03 Å². The fourth-order valence-corrected chi connectivity index (χ4v) is 5.39. The number of nitrogen functional groups attached to an aromatic ring is 1. The van der Waals surface area contributed by atoms with Gasteiger partial charge in [-0.2, -0.15) is 0 Å². The van der Waals surface area contributed by atoms with Crippen LogP contribution in [0, 0.1) is 0 Å². The summed E-state index contributed by atoms with van der Waals surface area (Å²) >= 11 is 0. The van der Waals surface area contributed by atoms with Crippen molar-refractivity contribution >= 4 is 34.4 Å². The van der Waals surface area contributed by atoms with Crippen molar-refractivity contribution in [3.8, 4) is 0 Å². The predicted molar refractivity (Wildman–Crippen MR) is 139 cm³/mol. The van der Waals surface area contributed by atoms with Crippen LogP contribution in [0.25, 0.3) is 11.0 Å². The number of fused-ring (bicyclic) bond motifs is 1. The standard InChI is InChI=1S/C28H28N6O2/c29-26-24-22(15-34(20-11-4-5-12-20)27(24)31-16-30-26)25(35)18-9-6-10-19(13-18)32-28(36)33-23-14-21(23)17-7-2-1-3-8-17/h1-3,6-10,13,15-16,20-21,23H,4-5,11-12,14H2,(H2,29,30,31)(H2,32,33,36). The molecule has 2 aromatic heterocycles. The van der Waals surface area contributed by atoms with Gasteiger partial charge in [0.05, 0.1) is 10.9 Å². The van der Waals surface area contributed by atoms with Crippen LogP contribution in [0.4, 0.5) is 16.3 Å². The summed E-state index contributed by atoms with van der Waals surface area (Å²) in [4.78, 5) is 34.8. The van der Waals surface area contributed by atoms with Gasteiger partial charge in [-0.25, -0.2) is 14.8 Å². The summed E-state index contributed by atoms with van der Waals surface area (Å²) in [5.41, 5.74) is 9.64. The number of anilines is 2. The van der Waals surface area contributed by atoms with Crippen molar-refractivity contribution in [1.82, 2.24) is 19.9 Å². The molecule has 2 aliphatic carbocycles. The molecular formula is C28H28N6O2. The smallest absolute Gasteiger partial charge is 0.319 e. The third-order valence-corrected chi connectivity index (χ3v) is 7.32. The predicted octanol–water partition coefficient (Wildman–Crippen LogP) is 5.04. The zero-order valence-corrected chi connectivity index (χ0v) is 19.9. The number of carbonyl (C=O) groups excluding carboxylic acids is 2. The second-order valence-electron chi connectivity index (χ2n) is 9.71. The number of ketones is 1. The van der Waals surface area contributed by atoms with Crippen molar-refractivity contribution in [2.24, 2.45) is 0 Å². The monoisotopic (exact) mass is 480 g/mol. The van der Waals surface area contributed by atoms with Gasteiger partial charge in [0.25, 0.3) is 0 Å². The van der Waals surface area contributed by atoms with Crippen molar-refractivity contribution in [3.05, 3.63) is 83.8 Å². The minimum absolute atomic E-state index is 0.113. The van der Waals surface area contributed by atoms with Crippen molar-refractivity contribution in [3.63, 3.8) is 0 Å². The molecule has 0 aliphatic heterocycles. The Labute approximate surface area is 208 Å². The highest BCUT2D eigenvalue weighted by molar-refractivity contribution is 6.18. The van der Waals surface area contributed by atoms with Gasteiger partial charge in [-0.15, -0.1) is 0 Å². The second-order valence-corrected chi connectivity index (χ2v) is 9.71. The number of nitrogens with two attached hydrogens (primary N) is 1. The molecule has 2 fully saturated rings. The maximum atomic E-state index is 13.6. The Hall–Kier alpha value is -4.20. The SMILES string of the molecule is Nc1ncnc2c1c(C(=O)c1cccc(NC(=O)NC3CC3c3ccccc3)c1)cn2C1CCCC1. The molecule has 2 heterocycles.